The van der Waals surface area contributed by atoms with Gasteiger partial charge >= 0.3 is 0 Å². The van der Waals surface area contributed by atoms with E-state index in [4.69, 9.17) is 4.74 Å². The molecule has 0 saturated carbocycles. The van der Waals surface area contributed by atoms with Gasteiger partial charge in [0.2, 0.25) is 5.91 Å². The highest BCUT2D eigenvalue weighted by molar-refractivity contribution is 5.94. The van der Waals surface area contributed by atoms with Crippen molar-refractivity contribution in [3.05, 3.63) is 58.5 Å². The second kappa shape index (κ2) is 6.93. The van der Waals surface area contributed by atoms with Gasteiger partial charge in [0, 0.05) is 11.8 Å². The summed E-state index contributed by atoms with van der Waals surface area (Å²) in [6.45, 7) is 5.90. The van der Waals surface area contributed by atoms with Gasteiger partial charge in [0.15, 0.2) is 0 Å². The van der Waals surface area contributed by atoms with Crippen molar-refractivity contribution in [3.63, 3.8) is 0 Å². The maximum absolute atomic E-state index is 12.4. The number of aryl methyl sites for hydroxylation is 1. The molecule has 1 aromatic heterocycles. The van der Waals surface area contributed by atoms with Crippen molar-refractivity contribution in [2.75, 3.05) is 11.9 Å². The monoisotopic (exact) mass is 300 g/mol. The first-order chi connectivity index (χ1) is 10.5. The Morgan fingerprint density at radius 1 is 1.23 bits per heavy atom. The number of para-hydroxylation sites is 2. The van der Waals surface area contributed by atoms with Crippen LogP contribution in [0.25, 0.3) is 0 Å². The minimum atomic E-state index is -0.608. The van der Waals surface area contributed by atoms with Gasteiger partial charge in [-0.2, -0.15) is 0 Å². The van der Waals surface area contributed by atoms with Gasteiger partial charge in [-0.15, -0.1) is 0 Å². The third-order valence-electron chi connectivity index (χ3n) is 3.41. The lowest BCUT2D eigenvalue weighted by Gasteiger charge is -2.18. The predicted molar refractivity (Wildman–Crippen MR) is 86.4 cm³/mol. The summed E-state index contributed by atoms with van der Waals surface area (Å²) in [6, 6.07) is 11.6. The van der Waals surface area contributed by atoms with E-state index in [1.807, 2.05) is 19.1 Å². The lowest BCUT2D eigenvalue weighted by Crippen LogP contribution is -2.32. The van der Waals surface area contributed by atoms with Gasteiger partial charge in [0.05, 0.1) is 12.3 Å². The Balaban J connectivity index is 2.24. The Kier molecular flexibility index (Phi) is 4.99. The average Bonchev–Trinajstić information content (AvgIpc) is 2.49. The normalized spacial score (nSPS) is 11.8. The highest BCUT2D eigenvalue weighted by Gasteiger charge is 2.18. The van der Waals surface area contributed by atoms with E-state index in [0.29, 0.717) is 18.0 Å². The number of benzene rings is 1. The van der Waals surface area contributed by atoms with E-state index in [1.165, 1.54) is 10.6 Å². The van der Waals surface area contributed by atoms with Crippen molar-refractivity contribution in [1.82, 2.24) is 4.57 Å². The van der Waals surface area contributed by atoms with Crippen LogP contribution in [0, 0.1) is 6.92 Å². The molecule has 1 amide bonds. The first kappa shape index (κ1) is 15.8. The molecule has 22 heavy (non-hydrogen) atoms. The van der Waals surface area contributed by atoms with Crippen molar-refractivity contribution in [3.8, 4) is 5.75 Å². The molecule has 5 nitrogen and oxygen atoms in total. The molecular weight excluding hydrogens is 280 g/mol. The second-order valence-corrected chi connectivity index (χ2v) is 4.97. The maximum atomic E-state index is 12.4. The van der Waals surface area contributed by atoms with Gasteiger partial charge in [0.25, 0.3) is 5.56 Å². The molecule has 1 N–H and O–H groups in total. The Morgan fingerprint density at radius 2 is 1.95 bits per heavy atom. The van der Waals surface area contributed by atoms with Crippen LogP contribution in [0.2, 0.25) is 0 Å². The van der Waals surface area contributed by atoms with Gasteiger partial charge in [-0.3, -0.25) is 9.59 Å². The molecular formula is C17H20N2O3. The Labute approximate surface area is 129 Å². The summed E-state index contributed by atoms with van der Waals surface area (Å²) in [4.78, 5) is 24.4. The number of hydrogen-bond acceptors (Lipinski definition) is 3. The maximum Gasteiger partial charge on any atom is 0.251 e. The topological polar surface area (TPSA) is 60.3 Å². The first-order valence-electron chi connectivity index (χ1n) is 7.25. The molecule has 5 heteroatoms. The molecule has 1 aromatic carbocycles. The summed E-state index contributed by atoms with van der Waals surface area (Å²) in [6.07, 6.45) is 0. The highest BCUT2D eigenvalue weighted by Crippen LogP contribution is 2.24. The van der Waals surface area contributed by atoms with Crippen molar-refractivity contribution in [2.24, 2.45) is 0 Å². The summed E-state index contributed by atoms with van der Waals surface area (Å²) in [5.41, 5.74) is 1.15. The van der Waals surface area contributed by atoms with E-state index in [2.05, 4.69) is 5.32 Å². The van der Waals surface area contributed by atoms with Crippen LogP contribution in [0.15, 0.2) is 47.3 Å². The number of aromatic nitrogens is 1. The predicted octanol–water partition coefficient (Wildman–Crippen LogP) is 2.76. The molecule has 116 valence electrons. The molecule has 0 bridgehead atoms. The molecule has 0 spiro atoms. The summed E-state index contributed by atoms with van der Waals surface area (Å²) in [5.74, 6) is 0.353. The van der Waals surface area contributed by atoms with Gasteiger partial charge in [-0.25, -0.2) is 0 Å². The third-order valence-corrected chi connectivity index (χ3v) is 3.41. The number of nitrogens with one attached hydrogen (secondary N) is 1. The van der Waals surface area contributed by atoms with Gasteiger partial charge in [-0.05, 0) is 39.0 Å². The van der Waals surface area contributed by atoms with Gasteiger partial charge < -0.3 is 14.6 Å². The molecule has 0 radical (unpaired) electrons. The van der Waals surface area contributed by atoms with E-state index < -0.39 is 6.04 Å². The van der Waals surface area contributed by atoms with Gasteiger partial charge in [-0.1, -0.05) is 18.2 Å². The molecule has 0 aliphatic heterocycles. The van der Waals surface area contributed by atoms with E-state index in [-0.39, 0.29) is 11.5 Å². The zero-order chi connectivity index (χ0) is 16.1. The molecule has 1 atom stereocenters. The number of hydrogen-bond donors (Lipinski definition) is 1. The van der Waals surface area contributed by atoms with Crippen molar-refractivity contribution < 1.29 is 9.53 Å². The van der Waals surface area contributed by atoms with Crippen LogP contribution in [0.3, 0.4) is 0 Å². The average molecular weight is 300 g/mol. The third kappa shape index (κ3) is 3.36. The number of amides is 1. The standard InChI is InChI=1S/C17H20N2O3/c1-4-22-15-10-6-5-9-14(15)18-17(21)13(3)19-12(2)8-7-11-16(19)20/h5-11,13H,4H2,1-3H3,(H,18,21). The SMILES string of the molecule is CCOc1ccccc1NC(=O)C(C)n1c(C)cccc1=O. The summed E-state index contributed by atoms with van der Waals surface area (Å²) in [5, 5.41) is 2.82. The molecule has 2 aromatic rings. The molecule has 0 fully saturated rings. The minimum absolute atomic E-state index is 0.194. The number of pyridine rings is 1. The number of carbonyl (C=O) groups excluding carboxylic acids is 1. The molecule has 2 rings (SSSR count). The molecule has 1 unspecified atom stereocenters. The van der Waals surface area contributed by atoms with Crippen LogP contribution < -0.4 is 15.6 Å². The van der Waals surface area contributed by atoms with Crippen molar-refractivity contribution >= 4 is 11.6 Å². The first-order valence-corrected chi connectivity index (χ1v) is 7.25. The summed E-state index contributed by atoms with van der Waals surface area (Å²) >= 11 is 0. The van der Waals surface area contributed by atoms with E-state index in [9.17, 15) is 9.59 Å². The number of rotatable bonds is 5. The van der Waals surface area contributed by atoms with Crippen LogP contribution >= 0.6 is 0 Å². The smallest absolute Gasteiger partial charge is 0.251 e. The molecule has 0 aliphatic rings. The van der Waals surface area contributed by atoms with Crippen LogP contribution in [0.4, 0.5) is 5.69 Å². The summed E-state index contributed by atoms with van der Waals surface area (Å²) < 4.78 is 6.96. The lowest BCUT2D eigenvalue weighted by atomic mass is 10.2. The number of anilines is 1. The zero-order valence-corrected chi connectivity index (χ0v) is 13.0. The quantitative estimate of drug-likeness (QED) is 0.923. The van der Waals surface area contributed by atoms with Crippen LogP contribution in [0.5, 0.6) is 5.75 Å². The Bertz CT molecular complexity index is 722. The zero-order valence-electron chi connectivity index (χ0n) is 13.0. The molecule has 1 heterocycles. The molecule has 0 saturated heterocycles. The summed E-state index contributed by atoms with van der Waals surface area (Å²) in [7, 11) is 0. The fourth-order valence-electron chi connectivity index (χ4n) is 2.31. The second-order valence-electron chi connectivity index (χ2n) is 4.97. The van der Waals surface area contributed by atoms with E-state index >= 15 is 0 Å². The highest BCUT2D eigenvalue weighted by atomic mass is 16.5. The largest absolute Gasteiger partial charge is 0.492 e. The van der Waals surface area contributed by atoms with E-state index in [1.54, 1.807) is 38.1 Å². The lowest BCUT2D eigenvalue weighted by molar-refractivity contribution is -0.118. The van der Waals surface area contributed by atoms with Crippen LogP contribution in [0.1, 0.15) is 25.6 Å². The Morgan fingerprint density at radius 3 is 2.64 bits per heavy atom. The fourth-order valence-corrected chi connectivity index (χ4v) is 2.31. The fraction of sp³-hybridized carbons (Fsp3) is 0.294. The van der Waals surface area contributed by atoms with Crippen molar-refractivity contribution in [1.29, 1.82) is 0 Å². The number of nitrogens with zero attached hydrogens (tertiary/aromatic N) is 1. The Hall–Kier alpha value is -2.56. The minimum Gasteiger partial charge on any atom is -0.492 e. The van der Waals surface area contributed by atoms with Gasteiger partial charge in [0.1, 0.15) is 11.8 Å². The van der Waals surface area contributed by atoms with Crippen LogP contribution in [-0.2, 0) is 4.79 Å². The van der Waals surface area contributed by atoms with Crippen molar-refractivity contribution in [2.45, 2.75) is 26.8 Å². The van der Waals surface area contributed by atoms with Crippen LogP contribution in [-0.4, -0.2) is 17.1 Å². The van der Waals surface area contributed by atoms with E-state index in [0.717, 1.165) is 5.69 Å². The molecule has 0 aliphatic carbocycles. The number of carbonyl (C=O) groups is 1. The number of ether oxygens (including phenoxy) is 1.